The standard InChI is InChI=1S/C43H44N4O10S/c1-19-11-25-28(34(50)35(19)52-5)32-33-40(58-6)30-29(39-37(54-18-55-39)20(2)36(30)56-21(3)49)26(47(33)43(16-44)15-42(25,4)46(32)17-43)14-53-41(51)31-38-24(12-22(13-48)45-31)23-9-7-8-10-27(23)57-38/h7-11,22,26,31-33,40,45,48,50H,12-15,17-18H2,1-6H3/t22-,26-,31+,32+,33?,40+,42?,43-/m0/s1. The predicted octanol–water partition coefficient (Wildman–Crippen LogP) is 5.29. The third-order valence-corrected chi connectivity index (χ3v) is 14.5. The SMILES string of the molecule is COc1c(C)cc2c(c1O)[C@@H]1C3[C@H](SC)c4c(OC(C)=O)c(C)c5c(c4[C@H](COC(=O)[C@@H]4N[C@H](CO)Cc6c4oc4ccccc64)N3[C@@]3(C#N)CN1C2(C)C3)OCO5. The number of phenolic OH excluding ortho intramolecular Hbond substituents is 1. The van der Waals surface area contributed by atoms with Gasteiger partial charge in [-0.25, -0.2) is 4.79 Å². The van der Waals surface area contributed by atoms with E-state index in [2.05, 4.69) is 34.2 Å². The number of thioether (sulfide) groups is 1. The summed E-state index contributed by atoms with van der Waals surface area (Å²) in [5, 5.41) is 37.5. The average Bonchev–Trinajstić information content (AvgIpc) is 3.96. The van der Waals surface area contributed by atoms with E-state index in [9.17, 15) is 25.1 Å². The van der Waals surface area contributed by atoms with Gasteiger partial charge in [0.1, 0.15) is 29.2 Å². The lowest BCUT2D eigenvalue weighted by molar-refractivity contribution is -0.152. The minimum absolute atomic E-state index is 0.0571. The normalized spacial score (nSPS) is 30.0. The molecule has 0 radical (unpaired) electrons. The number of hydrogen-bond donors (Lipinski definition) is 3. The topological polar surface area (TPSA) is 176 Å². The Morgan fingerprint density at radius 3 is 2.64 bits per heavy atom. The van der Waals surface area contributed by atoms with Gasteiger partial charge in [0.15, 0.2) is 29.0 Å². The molecule has 2 bridgehead atoms. The van der Waals surface area contributed by atoms with Crippen LogP contribution in [0.4, 0.5) is 0 Å². The number of methoxy groups -OCH3 is 1. The molecule has 8 atom stereocenters. The average molecular weight is 809 g/mol. The van der Waals surface area contributed by atoms with Crippen LogP contribution in [0, 0.1) is 25.2 Å². The predicted molar refractivity (Wildman–Crippen MR) is 210 cm³/mol. The third kappa shape index (κ3) is 4.80. The largest absolute Gasteiger partial charge is 0.504 e. The number of piperazine rings is 1. The van der Waals surface area contributed by atoms with Gasteiger partial charge in [0.25, 0.3) is 0 Å². The number of nitrogens with one attached hydrogen (secondary N) is 1. The number of carbonyl (C=O) groups excluding carboxylic acids is 2. The van der Waals surface area contributed by atoms with E-state index in [0.29, 0.717) is 70.4 Å². The smallest absolute Gasteiger partial charge is 0.331 e. The van der Waals surface area contributed by atoms with Crippen molar-refractivity contribution in [2.24, 2.45) is 0 Å². The molecule has 58 heavy (non-hydrogen) atoms. The fourth-order valence-electron chi connectivity index (χ4n) is 11.4. The van der Waals surface area contributed by atoms with Gasteiger partial charge in [0, 0.05) is 70.7 Å². The Morgan fingerprint density at radius 1 is 1.14 bits per heavy atom. The van der Waals surface area contributed by atoms with E-state index in [4.69, 9.17) is 28.1 Å². The van der Waals surface area contributed by atoms with Gasteiger partial charge in [0.05, 0.1) is 37.1 Å². The van der Waals surface area contributed by atoms with Crippen LogP contribution in [0.5, 0.6) is 28.7 Å². The number of para-hydroxylation sites is 1. The van der Waals surface area contributed by atoms with Gasteiger partial charge in [-0.15, -0.1) is 0 Å². The molecular weight excluding hydrogens is 765 g/mol. The number of phenols is 1. The zero-order valence-corrected chi connectivity index (χ0v) is 33.8. The first-order valence-electron chi connectivity index (χ1n) is 19.5. The van der Waals surface area contributed by atoms with Crippen molar-refractivity contribution in [3.05, 3.63) is 75.0 Å². The third-order valence-electron chi connectivity index (χ3n) is 13.5. The number of furan rings is 1. The Morgan fingerprint density at radius 2 is 1.91 bits per heavy atom. The number of aliphatic hydroxyl groups excluding tert-OH is 1. The van der Waals surface area contributed by atoms with Crippen molar-refractivity contribution in [1.82, 2.24) is 15.1 Å². The van der Waals surface area contributed by atoms with Crippen LogP contribution in [-0.2, 0) is 26.3 Å². The van der Waals surface area contributed by atoms with Gasteiger partial charge >= 0.3 is 11.9 Å². The number of hydrogen-bond acceptors (Lipinski definition) is 15. The van der Waals surface area contributed by atoms with Crippen molar-refractivity contribution < 1.29 is 47.9 Å². The van der Waals surface area contributed by atoms with Crippen molar-refractivity contribution in [3.8, 4) is 34.8 Å². The van der Waals surface area contributed by atoms with Gasteiger partial charge in [-0.05, 0) is 56.7 Å². The van der Waals surface area contributed by atoms with Crippen LogP contribution in [-0.4, -0.2) is 89.5 Å². The number of aliphatic hydroxyl groups is 1. The maximum absolute atomic E-state index is 14.5. The van der Waals surface area contributed by atoms with Crippen LogP contribution in [0.3, 0.4) is 0 Å². The second-order valence-corrected chi connectivity index (χ2v) is 17.4. The Kier molecular flexibility index (Phi) is 8.37. The molecule has 1 aromatic heterocycles. The van der Waals surface area contributed by atoms with Crippen molar-refractivity contribution >= 4 is 34.7 Å². The highest BCUT2D eigenvalue weighted by Crippen LogP contribution is 2.70. The van der Waals surface area contributed by atoms with Crippen LogP contribution in [0.2, 0.25) is 0 Å². The summed E-state index contributed by atoms with van der Waals surface area (Å²) in [5.41, 5.74) is 4.11. The van der Waals surface area contributed by atoms with E-state index in [0.717, 1.165) is 27.6 Å². The molecule has 3 N–H and O–H groups in total. The Labute approximate surface area is 338 Å². The highest BCUT2D eigenvalue weighted by atomic mass is 32.2. The molecule has 2 fully saturated rings. The van der Waals surface area contributed by atoms with Crippen LogP contribution >= 0.6 is 11.8 Å². The maximum atomic E-state index is 14.5. The second-order valence-electron chi connectivity index (χ2n) is 16.5. The summed E-state index contributed by atoms with van der Waals surface area (Å²) >= 11 is 1.55. The molecule has 0 saturated carbocycles. The first-order chi connectivity index (χ1) is 27.9. The van der Waals surface area contributed by atoms with Crippen LogP contribution < -0.4 is 24.3 Å². The van der Waals surface area contributed by atoms with Gasteiger partial charge < -0.3 is 38.3 Å². The molecule has 2 saturated heterocycles. The molecule has 3 aromatic carbocycles. The van der Waals surface area contributed by atoms with Crippen molar-refractivity contribution in [2.75, 3.05) is 39.9 Å². The van der Waals surface area contributed by atoms with Crippen molar-refractivity contribution in [3.63, 3.8) is 0 Å². The Hall–Kier alpha value is -4.98. The molecule has 7 heterocycles. The lowest BCUT2D eigenvalue weighted by Gasteiger charge is -2.58. The van der Waals surface area contributed by atoms with E-state index in [-0.39, 0.29) is 25.8 Å². The van der Waals surface area contributed by atoms with E-state index < -0.39 is 58.5 Å². The summed E-state index contributed by atoms with van der Waals surface area (Å²) in [5.74, 6) is 0.951. The van der Waals surface area contributed by atoms with E-state index in [1.807, 2.05) is 44.4 Å². The molecule has 6 aliphatic rings. The molecule has 14 nitrogen and oxygen atoms in total. The van der Waals surface area contributed by atoms with Crippen LogP contribution in [0.25, 0.3) is 11.0 Å². The van der Waals surface area contributed by atoms with Gasteiger partial charge in [-0.2, -0.15) is 17.0 Å². The fourth-order valence-corrected chi connectivity index (χ4v) is 12.4. The number of nitrogens with zero attached hydrogens (tertiary/aromatic N) is 3. The number of rotatable bonds is 7. The zero-order valence-electron chi connectivity index (χ0n) is 33.0. The Balaban J connectivity index is 1.17. The number of benzene rings is 3. The Bertz CT molecular complexity index is 2500. The second kappa shape index (κ2) is 13.0. The van der Waals surface area contributed by atoms with Crippen molar-refractivity contribution in [1.29, 1.82) is 5.26 Å². The minimum Gasteiger partial charge on any atom is -0.504 e. The molecule has 2 unspecified atom stereocenters. The van der Waals surface area contributed by atoms with Gasteiger partial charge in [-0.3, -0.25) is 19.9 Å². The molecule has 302 valence electrons. The quantitative estimate of drug-likeness (QED) is 0.162. The van der Waals surface area contributed by atoms with Crippen LogP contribution in [0.1, 0.15) is 88.3 Å². The number of fused-ring (bicyclic) bond motifs is 13. The van der Waals surface area contributed by atoms with Gasteiger partial charge in [-0.1, -0.05) is 18.2 Å². The van der Waals surface area contributed by atoms with E-state index >= 15 is 0 Å². The number of ether oxygens (including phenoxy) is 5. The van der Waals surface area contributed by atoms with E-state index in [1.165, 1.54) is 6.92 Å². The highest BCUT2D eigenvalue weighted by Gasteiger charge is 2.72. The first-order valence-corrected chi connectivity index (χ1v) is 20.8. The molecule has 10 rings (SSSR count). The molecule has 0 spiro atoms. The summed E-state index contributed by atoms with van der Waals surface area (Å²) in [7, 11) is 1.54. The lowest BCUT2D eigenvalue weighted by atomic mass is 9.72. The summed E-state index contributed by atoms with van der Waals surface area (Å²) in [6, 6.07) is 9.20. The number of aromatic hydroxyl groups is 1. The summed E-state index contributed by atoms with van der Waals surface area (Å²) in [6.07, 6.45) is 2.85. The van der Waals surface area contributed by atoms with E-state index in [1.54, 1.807) is 18.9 Å². The van der Waals surface area contributed by atoms with Crippen LogP contribution in [0.15, 0.2) is 34.7 Å². The molecule has 15 heteroatoms. The molecular formula is C43H44N4O10S. The van der Waals surface area contributed by atoms with Crippen molar-refractivity contribution in [2.45, 2.75) is 87.1 Å². The van der Waals surface area contributed by atoms with Gasteiger partial charge in [0.2, 0.25) is 6.79 Å². The first kappa shape index (κ1) is 37.3. The minimum atomic E-state index is -1.09. The molecule has 0 aliphatic carbocycles. The maximum Gasteiger partial charge on any atom is 0.331 e. The summed E-state index contributed by atoms with van der Waals surface area (Å²) < 4.78 is 36.9. The fraction of sp³-hybridized carbons (Fsp3) is 0.465. The zero-order chi connectivity index (χ0) is 40.6. The highest BCUT2D eigenvalue weighted by molar-refractivity contribution is 7.98. The monoisotopic (exact) mass is 808 g/mol. The summed E-state index contributed by atoms with van der Waals surface area (Å²) in [6.45, 7) is 7.07. The molecule has 0 amide bonds. The number of carbonyl (C=O) groups is 2. The lowest BCUT2D eigenvalue weighted by Crippen LogP contribution is -2.66. The molecule has 6 aliphatic heterocycles. The number of aryl methyl sites for hydroxylation is 1. The number of nitriles is 1. The number of esters is 2. The molecule has 4 aromatic rings. The summed E-state index contributed by atoms with van der Waals surface area (Å²) in [4.78, 5) is 32.0.